The van der Waals surface area contributed by atoms with Gasteiger partial charge in [-0.15, -0.1) is 0 Å². The van der Waals surface area contributed by atoms with Crippen LogP contribution in [-0.4, -0.2) is 28.9 Å². The van der Waals surface area contributed by atoms with Crippen LogP contribution in [0, 0.1) is 11.8 Å². The number of carbonyl (C=O) groups is 2. The van der Waals surface area contributed by atoms with Crippen LogP contribution in [0.15, 0.2) is 0 Å². The normalized spacial score (nSPS) is 27.9. The number of carbonyl (C=O) groups excluding carboxylic acids is 2. The molecule has 4 heteroatoms. The van der Waals surface area contributed by atoms with Gasteiger partial charge in [0, 0.05) is 12.1 Å². The maximum atomic E-state index is 11.7. The van der Waals surface area contributed by atoms with E-state index >= 15 is 0 Å². The standard InChI is InChI=1S/C11H18N2O2/c1-7-6-13(10(15)12-9(7)14)11(2,3)8-4-5-8/h7-8H,4-6H2,1-3H3,(H,12,14,15). The monoisotopic (exact) mass is 210 g/mol. The predicted octanol–water partition coefficient (Wildman–Crippen LogP) is 1.36. The van der Waals surface area contributed by atoms with Crippen molar-refractivity contribution in [3.8, 4) is 0 Å². The zero-order chi connectivity index (χ0) is 11.2. The van der Waals surface area contributed by atoms with Crippen LogP contribution in [0.4, 0.5) is 4.79 Å². The maximum absolute atomic E-state index is 11.7. The summed E-state index contributed by atoms with van der Waals surface area (Å²) in [4.78, 5) is 24.8. The molecule has 0 aromatic rings. The summed E-state index contributed by atoms with van der Waals surface area (Å²) in [5.41, 5.74) is -0.112. The van der Waals surface area contributed by atoms with Crippen LogP contribution in [0.1, 0.15) is 33.6 Å². The van der Waals surface area contributed by atoms with Crippen molar-refractivity contribution in [3.05, 3.63) is 0 Å². The number of nitrogens with zero attached hydrogens (tertiary/aromatic N) is 1. The van der Waals surface area contributed by atoms with E-state index in [2.05, 4.69) is 19.2 Å². The van der Waals surface area contributed by atoms with Crippen LogP contribution in [0.5, 0.6) is 0 Å². The third-order valence-electron chi connectivity index (χ3n) is 3.65. The SMILES string of the molecule is CC1CN(C(C)(C)C2CC2)C(=O)NC1=O. The molecule has 4 nitrogen and oxygen atoms in total. The molecule has 0 aromatic heterocycles. The summed E-state index contributed by atoms with van der Waals surface area (Å²) in [6, 6.07) is -0.227. The maximum Gasteiger partial charge on any atom is 0.324 e. The molecule has 3 amide bonds. The van der Waals surface area contributed by atoms with Gasteiger partial charge < -0.3 is 4.90 Å². The lowest BCUT2D eigenvalue weighted by molar-refractivity contribution is -0.126. The van der Waals surface area contributed by atoms with E-state index in [1.54, 1.807) is 0 Å². The van der Waals surface area contributed by atoms with E-state index < -0.39 is 0 Å². The highest BCUT2D eigenvalue weighted by Gasteiger charge is 2.46. The molecular formula is C11H18N2O2. The summed E-state index contributed by atoms with van der Waals surface area (Å²) < 4.78 is 0. The van der Waals surface area contributed by atoms with Gasteiger partial charge in [0.25, 0.3) is 0 Å². The minimum atomic E-state index is -0.227. The molecule has 1 unspecified atom stereocenters. The molecule has 0 aromatic carbocycles. The van der Waals surface area contributed by atoms with E-state index in [0.29, 0.717) is 12.5 Å². The van der Waals surface area contributed by atoms with Gasteiger partial charge in [0.1, 0.15) is 0 Å². The first-order valence-electron chi connectivity index (χ1n) is 5.55. The Balaban J connectivity index is 2.14. The zero-order valence-electron chi connectivity index (χ0n) is 9.54. The van der Waals surface area contributed by atoms with E-state index in [9.17, 15) is 9.59 Å². The average Bonchev–Trinajstić information content (AvgIpc) is 2.93. The molecule has 1 saturated carbocycles. The highest BCUT2D eigenvalue weighted by atomic mass is 16.2. The van der Waals surface area contributed by atoms with E-state index in [1.165, 1.54) is 12.8 Å². The van der Waals surface area contributed by atoms with Gasteiger partial charge >= 0.3 is 6.03 Å². The van der Waals surface area contributed by atoms with Crippen LogP contribution in [-0.2, 0) is 4.79 Å². The van der Waals surface area contributed by atoms with Gasteiger partial charge in [0.15, 0.2) is 0 Å². The minimum Gasteiger partial charge on any atom is -0.318 e. The van der Waals surface area contributed by atoms with Crippen molar-refractivity contribution in [2.24, 2.45) is 11.8 Å². The lowest BCUT2D eigenvalue weighted by Crippen LogP contribution is -2.61. The number of amides is 3. The van der Waals surface area contributed by atoms with Gasteiger partial charge in [0.2, 0.25) is 5.91 Å². The summed E-state index contributed by atoms with van der Waals surface area (Å²) >= 11 is 0. The molecule has 84 valence electrons. The van der Waals surface area contributed by atoms with Gasteiger partial charge in [-0.2, -0.15) is 0 Å². The Morgan fingerprint density at radius 3 is 2.47 bits per heavy atom. The molecule has 2 aliphatic rings. The molecule has 1 aliphatic carbocycles. The quantitative estimate of drug-likeness (QED) is 0.748. The van der Waals surface area contributed by atoms with Crippen LogP contribution < -0.4 is 5.32 Å². The fourth-order valence-electron chi connectivity index (χ4n) is 2.24. The predicted molar refractivity (Wildman–Crippen MR) is 56.2 cm³/mol. The highest BCUT2D eigenvalue weighted by Crippen LogP contribution is 2.43. The largest absolute Gasteiger partial charge is 0.324 e. The van der Waals surface area contributed by atoms with E-state index in [4.69, 9.17) is 0 Å². The second-order valence-corrected chi connectivity index (χ2v) is 5.23. The summed E-state index contributed by atoms with van der Waals surface area (Å²) in [6.07, 6.45) is 2.39. The summed E-state index contributed by atoms with van der Waals surface area (Å²) in [7, 11) is 0. The van der Waals surface area contributed by atoms with Crippen LogP contribution in [0.2, 0.25) is 0 Å². The van der Waals surface area contributed by atoms with Gasteiger partial charge in [-0.1, -0.05) is 6.92 Å². The molecular weight excluding hydrogens is 192 g/mol. The van der Waals surface area contributed by atoms with Gasteiger partial charge in [0.05, 0.1) is 5.92 Å². The van der Waals surface area contributed by atoms with Crippen LogP contribution in [0.3, 0.4) is 0 Å². The minimum absolute atomic E-state index is 0.0966. The molecule has 2 fully saturated rings. The molecule has 1 aliphatic heterocycles. The van der Waals surface area contributed by atoms with Crippen molar-refractivity contribution in [1.82, 2.24) is 10.2 Å². The number of hydrogen-bond acceptors (Lipinski definition) is 2. The Labute approximate surface area is 90.0 Å². The Morgan fingerprint density at radius 1 is 1.33 bits per heavy atom. The highest BCUT2D eigenvalue weighted by molar-refractivity contribution is 5.98. The Bertz CT molecular complexity index is 308. The van der Waals surface area contributed by atoms with Crippen molar-refractivity contribution in [2.75, 3.05) is 6.54 Å². The fourth-order valence-corrected chi connectivity index (χ4v) is 2.24. The van der Waals surface area contributed by atoms with E-state index in [0.717, 1.165) is 0 Å². The van der Waals surface area contributed by atoms with Crippen LogP contribution in [0.25, 0.3) is 0 Å². The zero-order valence-corrected chi connectivity index (χ0v) is 9.54. The third kappa shape index (κ3) is 1.73. The molecule has 0 radical (unpaired) electrons. The number of imide groups is 1. The topological polar surface area (TPSA) is 49.4 Å². The molecule has 1 saturated heterocycles. The lowest BCUT2D eigenvalue weighted by atomic mass is 9.93. The van der Waals surface area contributed by atoms with Gasteiger partial charge in [-0.05, 0) is 32.6 Å². The van der Waals surface area contributed by atoms with Crippen molar-refractivity contribution in [2.45, 2.75) is 39.2 Å². The first-order chi connectivity index (χ1) is 6.93. The van der Waals surface area contributed by atoms with E-state index in [-0.39, 0.29) is 23.4 Å². The Kier molecular flexibility index (Phi) is 2.24. The number of nitrogens with one attached hydrogen (secondary N) is 1. The second kappa shape index (κ2) is 3.22. The Morgan fingerprint density at radius 2 is 1.93 bits per heavy atom. The summed E-state index contributed by atoms with van der Waals surface area (Å²) in [5.74, 6) is 0.354. The summed E-state index contributed by atoms with van der Waals surface area (Å²) in [6.45, 7) is 6.59. The first kappa shape index (κ1) is 10.5. The molecule has 0 spiro atoms. The molecule has 1 N–H and O–H groups in total. The Hall–Kier alpha value is -1.06. The summed E-state index contributed by atoms with van der Waals surface area (Å²) in [5, 5.41) is 2.42. The average molecular weight is 210 g/mol. The van der Waals surface area contributed by atoms with Gasteiger partial charge in [-0.25, -0.2) is 4.79 Å². The van der Waals surface area contributed by atoms with Crippen LogP contribution >= 0.6 is 0 Å². The van der Waals surface area contributed by atoms with Gasteiger partial charge in [-0.3, -0.25) is 10.1 Å². The van der Waals surface area contributed by atoms with Crippen molar-refractivity contribution >= 4 is 11.9 Å². The number of hydrogen-bond donors (Lipinski definition) is 1. The molecule has 2 rings (SSSR count). The van der Waals surface area contributed by atoms with Crippen molar-refractivity contribution in [1.29, 1.82) is 0 Å². The van der Waals surface area contributed by atoms with Crippen molar-refractivity contribution in [3.63, 3.8) is 0 Å². The molecule has 0 bridgehead atoms. The van der Waals surface area contributed by atoms with Crippen molar-refractivity contribution < 1.29 is 9.59 Å². The number of rotatable bonds is 2. The molecule has 1 atom stereocenters. The molecule has 1 heterocycles. The first-order valence-corrected chi connectivity index (χ1v) is 5.55. The van der Waals surface area contributed by atoms with E-state index in [1.807, 2.05) is 11.8 Å². The third-order valence-corrected chi connectivity index (χ3v) is 3.65. The lowest BCUT2D eigenvalue weighted by Gasteiger charge is -2.42. The molecule has 15 heavy (non-hydrogen) atoms. The second-order valence-electron chi connectivity index (χ2n) is 5.23. The smallest absolute Gasteiger partial charge is 0.318 e. The fraction of sp³-hybridized carbons (Fsp3) is 0.818. The number of urea groups is 1.